The fourth-order valence-corrected chi connectivity index (χ4v) is 1.03. The van der Waals surface area contributed by atoms with Crippen molar-refractivity contribution in [3.63, 3.8) is 0 Å². The van der Waals surface area contributed by atoms with E-state index < -0.39 is 0 Å². The van der Waals surface area contributed by atoms with Crippen molar-refractivity contribution in [3.05, 3.63) is 10.5 Å². The van der Waals surface area contributed by atoms with Crippen LogP contribution in [-0.4, -0.2) is 19.8 Å². The van der Waals surface area contributed by atoms with Gasteiger partial charge in [0.25, 0.3) is 0 Å². The Morgan fingerprint density at radius 1 is 1.55 bits per heavy atom. The number of hydrogen-bond acceptors (Lipinski definition) is 3. The molecule has 0 N–H and O–H groups in total. The molecular weight excluding hydrogens is 144 g/mol. The zero-order chi connectivity index (χ0) is 7.84. The monoisotopic (exact) mass is 154 g/mol. The Hall–Kier alpha value is -1.13. The SMILES string of the molecule is CCn1nnn(C2CC2)c1=O. The van der Waals surface area contributed by atoms with Crippen molar-refractivity contribution < 1.29 is 0 Å². The molecule has 1 aliphatic rings. The van der Waals surface area contributed by atoms with Crippen molar-refractivity contribution in [3.8, 4) is 0 Å². The van der Waals surface area contributed by atoms with Gasteiger partial charge in [0.2, 0.25) is 0 Å². The molecule has 11 heavy (non-hydrogen) atoms. The highest BCUT2D eigenvalue weighted by molar-refractivity contribution is 4.79. The summed E-state index contributed by atoms with van der Waals surface area (Å²) in [6, 6.07) is 0.336. The van der Waals surface area contributed by atoms with Gasteiger partial charge in [0.1, 0.15) is 0 Å². The van der Waals surface area contributed by atoms with E-state index in [1.807, 2.05) is 6.92 Å². The van der Waals surface area contributed by atoms with Gasteiger partial charge in [-0.15, -0.1) is 0 Å². The summed E-state index contributed by atoms with van der Waals surface area (Å²) in [7, 11) is 0. The average molecular weight is 154 g/mol. The van der Waals surface area contributed by atoms with E-state index in [-0.39, 0.29) is 5.69 Å². The Bertz CT molecular complexity index is 309. The molecule has 1 aromatic heterocycles. The third kappa shape index (κ3) is 0.961. The Labute approximate surface area is 63.6 Å². The van der Waals surface area contributed by atoms with E-state index in [0.29, 0.717) is 12.6 Å². The molecule has 1 aliphatic carbocycles. The van der Waals surface area contributed by atoms with Crippen molar-refractivity contribution in [2.45, 2.75) is 32.4 Å². The van der Waals surface area contributed by atoms with Crippen molar-refractivity contribution in [1.82, 2.24) is 19.8 Å². The number of nitrogens with zero attached hydrogens (tertiary/aromatic N) is 4. The molecule has 0 spiro atoms. The Morgan fingerprint density at radius 3 is 2.73 bits per heavy atom. The Morgan fingerprint density at radius 2 is 2.27 bits per heavy atom. The van der Waals surface area contributed by atoms with Crippen LogP contribution in [0.15, 0.2) is 4.79 Å². The fraction of sp³-hybridized carbons (Fsp3) is 0.833. The predicted molar refractivity (Wildman–Crippen MR) is 38.2 cm³/mol. The van der Waals surface area contributed by atoms with Crippen LogP contribution < -0.4 is 5.69 Å². The van der Waals surface area contributed by atoms with Gasteiger partial charge < -0.3 is 0 Å². The standard InChI is InChI=1S/C6H10N4O/c1-2-9-6(11)10(8-7-9)5-3-4-5/h5H,2-4H2,1H3. The minimum atomic E-state index is -0.0741. The summed E-state index contributed by atoms with van der Waals surface area (Å²) in [5.74, 6) is 0. The number of hydrogen-bond donors (Lipinski definition) is 0. The van der Waals surface area contributed by atoms with Crippen LogP contribution in [0.4, 0.5) is 0 Å². The number of tetrazole rings is 1. The highest BCUT2D eigenvalue weighted by Gasteiger charge is 2.27. The maximum absolute atomic E-state index is 11.3. The van der Waals surface area contributed by atoms with Crippen molar-refractivity contribution >= 4 is 0 Å². The molecule has 1 heterocycles. The molecule has 5 nitrogen and oxygen atoms in total. The summed E-state index contributed by atoms with van der Waals surface area (Å²) in [6.07, 6.45) is 2.14. The van der Waals surface area contributed by atoms with Crippen LogP contribution in [0.2, 0.25) is 0 Å². The van der Waals surface area contributed by atoms with E-state index in [9.17, 15) is 4.79 Å². The summed E-state index contributed by atoms with van der Waals surface area (Å²) in [4.78, 5) is 11.3. The van der Waals surface area contributed by atoms with E-state index in [1.54, 1.807) is 0 Å². The Kier molecular flexibility index (Phi) is 1.30. The first-order valence-electron chi connectivity index (χ1n) is 3.85. The molecule has 0 radical (unpaired) electrons. The lowest BCUT2D eigenvalue weighted by Gasteiger charge is -1.89. The van der Waals surface area contributed by atoms with E-state index in [4.69, 9.17) is 0 Å². The molecular formula is C6H10N4O. The van der Waals surface area contributed by atoms with E-state index in [2.05, 4.69) is 10.4 Å². The lowest BCUT2D eigenvalue weighted by atomic mass is 10.7. The molecule has 0 bridgehead atoms. The number of aromatic nitrogens is 4. The molecule has 1 fully saturated rings. The summed E-state index contributed by atoms with van der Waals surface area (Å²) in [5.41, 5.74) is -0.0741. The second-order valence-corrected chi connectivity index (χ2v) is 2.75. The summed E-state index contributed by atoms with van der Waals surface area (Å²) in [6.45, 7) is 2.48. The van der Waals surface area contributed by atoms with Crippen LogP contribution in [0, 0.1) is 0 Å². The van der Waals surface area contributed by atoms with Gasteiger partial charge in [-0.05, 0) is 30.2 Å². The van der Waals surface area contributed by atoms with Crippen LogP contribution >= 0.6 is 0 Å². The minimum absolute atomic E-state index is 0.0741. The first-order valence-corrected chi connectivity index (χ1v) is 3.85. The van der Waals surface area contributed by atoms with Crippen LogP contribution in [-0.2, 0) is 6.54 Å². The van der Waals surface area contributed by atoms with Gasteiger partial charge >= 0.3 is 5.69 Å². The molecule has 1 aromatic rings. The van der Waals surface area contributed by atoms with Crippen LogP contribution in [0.5, 0.6) is 0 Å². The van der Waals surface area contributed by atoms with E-state index in [0.717, 1.165) is 12.8 Å². The van der Waals surface area contributed by atoms with Gasteiger partial charge in [0, 0.05) is 6.54 Å². The summed E-state index contributed by atoms with van der Waals surface area (Å²) < 4.78 is 2.85. The molecule has 5 heteroatoms. The first kappa shape index (κ1) is 6.57. The second kappa shape index (κ2) is 2.18. The summed E-state index contributed by atoms with van der Waals surface area (Å²) >= 11 is 0. The smallest absolute Gasteiger partial charge is 0.244 e. The quantitative estimate of drug-likeness (QED) is 0.592. The van der Waals surface area contributed by atoms with Crippen LogP contribution in [0.3, 0.4) is 0 Å². The van der Waals surface area contributed by atoms with Gasteiger partial charge in [0.15, 0.2) is 0 Å². The average Bonchev–Trinajstić information content (AvgIpc) is 2.77. The highest BCUT2D eigenvalue weighted by Crippen LogP contribution is 2.32. The second-order valence-electron chi connectivity index (χ2n) is 2.75. The number of aryl methyl sites for hydroxylation is 1. The Balaban J connectivity index is 2.41. The highest BCUT2D eigenvalue weighted by atomic mass is 16.2. The van der Waals surface area contributed by atoms with Crippen LogP contribution in [0.25, 0.3) is 0 Å². The lowest BCUT2D eigenvalue weighted by Crippen LogP contribution is -2.24. The molecule has 0 amide bonds. The fourth-order valence-electron chi connectivity index (χ4n) is 1.03. The van der Waals surface area contributed by atoms with Gasteiger partial charge in [0.05, 0.1) is 6.04 Å². The maximum Gasteiger partial charge on any atom is 0.363 e. The van der Waals surface area contributed by atoms with Gasteiger partial charge in [-0.25, -0.2) is 4.79 Å². The predicted octanol–water partition coefficient (Wildman–Crippen LogP) is -0.205. The lowest BCUT2D eigenvalue weighted by molar-refractivity contribution is 0.593. The summed E-state index contributed by atoms with van der Waals surface area (Å²) in [5, 5.41) is 7.48. The van der Waals surface area contributed by atoms with Gasteiger partial charge in [-0.1, -0.05) is 0 Å². The molecule has 1 saturated carbocycles. The first-order chi connectivity index (χ1) is 5.33. The van der Waals surface area contributed by atoms with Gasteiger partial charge in [-0.2, -0.15) is 9.36 Å². The topological polar surface area (TPSA) is 52.7 Å². The van der Waals surface area contributed by atoms with Crippen LogP contribution in [0.1, 0.15) is 25.8 Å². The molecule has 0 unspecified atom stereocenters. The van der Waals surface area contributed by atoms with Crippen molar-refractivity contribution in [2.24, 2.45) is 0 Å². The zero-order valence-corrected chi connectivity index (χ0v) is 6.40. The van der Waals surface area contributed by atoms with E-state index in [1.165, 1.54) is 9.36 Å². The minimum Gasteiger partial charge on any atom is -0.244 e. The number of rotatable bonds is 2. The molecule has 0 saturated heterocycles. The zero-order valence-electron chi connectivity index (χ0n) is 6.40. The van der Waals surface area contributed by atoms with Gasteiger partial charge in [-0.3, -0.25) is 0 Å². The molecule has 2 rings (SSSR count). The van der Waals surface area contributed by atoms with Crippen molar-refractivity contribution in [1.29, 1.82) is 0 Å². The molecule has 0 aliphatic heterocycles. The maximum atomic E-state index is 11.3. The van der Waals surface area contributed by atoms with Crippen molar-refractivity contribution in [2.75, 3.05) is 0 Å². The molecule has 60 valence electrons. The molecule has 0 atom stereocenters. The normalized spacial score (nSPS) is 17.2. The third-order valence-corrected chi connectivity index (χ3v) is 1.85. The third-order valence-electron chi connectivity index (χ3n) is 1.85. The molecule has 0 aromatic carbocycles. The van der Waals surface area contributed by atoms with E-state index >= 15 is 0 Å². The largest absolute Gasteiger partial charge is 0.363 e.